The van der Waals surface area contributed by atoms with E-state index in [0.29, 0.717) is 0 Å². The first kappa shape index (κ1) is 13.6. The van der Waals surface area contributed by atoms with E-state index in [1.807, 2.05) is 24.0 Å². The summed E-state index contributed by atoms with van der Waals surface area (Å²) in [6, 6.07) is 12.4. The van der Waals surface area contributed by atoms with Crippen molar-refractivity contribution in [3.63, 3.8) is 0 Å². The Bertz CT molecular complexity index is 419. The van der Waals surface area contributed by atoms with Crippen molar-refractivity contribution in [2.24, 2.45) is 0 Å². The molecule has 0 saturated heterocycles. The topological polar surface area (TPSA) is 12.9 Å². The molecule has 4 heteroatoms. The molecule has 0 aliphatic carbocycles. The van der Waals surface area contributed by atoms with Gasteiger partial charge in [0.15, 0.2) is 0 Å². The first-order chi connectivity index (χ1) is 7.34. The molecule has 0 radical (unpaired) electrons. The number of halogens is 2. The molecule has 0 spiro atoms. The lowest BCUT2D eigenvalue weighted by atomic mass is 10.3. The van der Waals surface area contributed by atoms with Gasteiger partial charge in [0, 0.05) is 27.5 Å². The van der Waals surface area contributed by atoms with Gasteiger partial charge in [-0.15, -0.1) is 24.2 Å². The number of hydrogen-bond acceptors (Lipinski definition) is 2. The molecule has 0 aliphatic heterocycles. The third-order valence-corrected chi connectivity index (χ3v) is 3.55. The van der Waals surface area contributed by atoms with Gasteiger partial charge in [0.2, 0.25) is 0 Å². The molecule has 2 aromatic rings. The Morgan fingerprint density at radius 1 is 1.12 bits per heavy atom. The Balaban J connectivity index is 0.00000128. The summed E-state index contributed by atoms with van der Waals surface area (Å²) in [6.45, 7) is 0. The summed E-state index contributed by atoms with van der Waals surface area (Å²) in [5, 5.41) is 0. The van der Waals surface area contributed by atoms with Gasteiger partial charge >= 0.3 is 0 Å². The Labute approximate surface area is 114 Å². The van der Waals surface area contributed by atoms with E-state index in [1.165, 1.54) is 10.5 Å². The first-order valence-corrected chi connectivity index (χ1v) is 6.40. The number of benzene rings is 1. The van der Waals surface area contributed by atoms with E-state index >= 15 is 0 Å². The van der Waals surface area contributed by atoms with E-state index in [-0.39, 0.29) is 12.4 Å². The molecule has 0 bridgehead atoms. The highest BCUT2D eigenvalue weighted by molar-refractivity contribution is 9.10. The van der Waals surface area contributed by atoms with Crippen LogP contribution in [0.3, 0.4) is 0 Å². The van der Waals surface area contributed by atoms with Gasteiger partial charge in [-0.3, -0.25) is 4.98 Å². The van der Waals surface area contributed by atoms with Gasteiger partial charge in [-0.25, -0.2) is 0 Å². The van der Waals surface area contributed by atoms with Crippen LogP contribution in [-0.2, 0) is 5.75 Å². The van der Waals surface area contributed by atoms with Crippen molar-refractivity contribution in [2.75, 3.05) is 0 Å². The van der Waals surface area contributed by atoms with E-state index in [4.69, 9.17) is 0 Å². The quantitative estimate of drug-likeness (QED) is 0.770. The lowest BCUT2D eigenvalue weighted by Gasteiger charge is -2.01. The third kappa shape index (κ3) is 4.16. The van der Waals surface area contributed by atoms with Crippen LogP contribution in [0.1, 0.15) is 5.56 Å². The number of thioether (sulfide) groups is 1. The van der Waals surface area contributed by atoms with Crippen LogP contribution in [0, 0.1) is 0 Å². The third-order valence-electron chi connectivity index (χ3n) is 1.94. The van der Waals surface area contributed by atoms with Gasteiger partial charge < -0.3 is 0 Å². The molecule has 0 aliphatic rings. The molecule has 0 unspecified atom stereocenters. The minimum absolute atomic E-state index is 0. The van der Waals surface area contributed by atoms with Crippen LogP contribution in [0.4, 0.5) is 0 Å². The van der Waals surface area contributed by atoms with Crippen molar-refractivity contribution in [1.82, 2.24) is 4.98 Å². The van der Waals surface area contributed by atoms with Gasteiger partial charge in [0.1, 0.15) is 0 Å². The monoisotopic (exact) mass is 315 g/mol. The first-order valence-electron chi connectivity index (χ1n) is 4.62. The van der Waals surface area contributed by atoms with Crippen molar-refractivity contribution < 1.29 is 0 Å². The minimum atomic E-state index is 0. The van der Waals surface area contributed by atoms with Crippen molar-refractivity contribution in [1.29, 1.82) is 0 Å². The minimum Gasteiger partial charge on any atom is -0.264 e. The Morgan fingerprint density at radius 2 is 1.88 bits per heavy atom. The standard InChI is InChI=1S/C12H10BrNS.ClH/c13-11-3-5-12(6-4-11)15-9-10-2-1-7-14-8-10;/h1-8H,9H2;1H. The number of aromatic nitrogens is 1. The molecule has 16 heavy (non-hydrogen) atoms. The molecule has 1 aromatic carbocycles. The fraction of sp³-hybridized carbons (Fsp3) is 0.0833. The van der Waals surface area contributed by atoms with E-state index < -0.39 is 0 Å². The number of pyridine rings is 1. The Hall–Kier alpha value is -0.510. The lowest BCUT2D eigenvalue weighted by Crippen LogP contribution is -1.81. The summed E-state index contributed by atoms with van der Waals surface area (Å²) < 4.78 is 1.12. The maximum atomic E-state index is 4.09. The van der Waals surface area contributed by atoms with Gasteiger partial charge in [0.25, 0.3) is 0 Å². The molecule has 0 amide bonds. The highest BCUT2D eigenvalue weighted by Crippen LogP contribution is 2.23. The average Bonchev–Trinajstić information content (AvgIpc) is 2.30. The van der Waals surface area contributed by atoms with Crippen molar-refractivity contribution >= 4 is 40.1 Å². The summed E-state index contributed by atoms with van der Waals surface area (Å²) in [5.74, 6) is 0.968. The zero-order valence-electron chi connectivity index (χ0n) is 8.47. The van der Waals surface area contributed by atoms with Gasteiger partial charge in [-0.2, -0.15) is 0 Å². The van der Waals surface area contributed by atoms with E-state index in [1.54, 1.807) is 6.20 Å². The fourth-order valence-electron chi connectivity index (χ4n) is 1.18. The highest BCUT2D eigenvalue weighted by Gasteiger charge is 1.95. The maximum absolute atomic E-state index is 4.09. The normalized spacial score (nSPS) is 9.56. The summed E-state index contributed by atoms with van der Waals surface area (Å²) in [5.41, 5.74) is 1.26. The van der Waals surface area contributed by atoms with Gasteiger partial charge in [-0.05, 0) is 35.9 Å². The second kappa shape index (κ2) is 6.94. The number of rotatable bonds is 3. The Morgan fingerprint density at radius 3 is 2.50 bits per heavy atom. The molecule has 1 nitrogen and oxygen atoms in total. The number of nitrogens with zero attached hydrogens (tertiary/aromatic N) is 1. The molecule has 0 fully saturated rings. The van der Waals surface area contributed by atoms with Crippen molar-refractivity contribution in [3.05, 3.63) is 58.8 Å². The van der Waals surface area contributed by atoms with E-state index in [0.717, 1.165) is 10.2 Å². The maximum Gasteiger partial charge on any atom is 0.0308 e. The van der Waals surface area contributed by atoms with Crippen molar-refractivity contribution in [3.8, 4) is 0 Å². The summed E-state index contributed by atoms with van der Waals surface area (Å²) in [6.07, 6.45) is 3.71. The zero-order valence-corrected chi connectivity index (χ0v) is 11.7. The Kier molecular flexibility index (Phi) is 5.88. The second-order valence-electron chi connectivity index (χ2n) is 3.10. The molecule has 1 aromatic heterocycles. The molecule has 0 N–H and O–H groups in total. The van der Waals surface area contributed by atoms with Crippen molar-refractivity contribution in [2.45, 2.75) is 10.6 Å². The average molecular weight is 317 g/mol. The SMILES string of the molecule is Brc1ccc(SCc2cccnc2)cc1.Cl. The summed E-state index contributed by atoms with van der Waals surface area (Å²) in [4.78, 5) is 5.37. The van der Waals surface area contributed by atoms with Crippen LogP contribution in [0.5, 0.6) is 0 Å². The lowest BCUT2D eigenvalue weighted by molar-refractivity contribution is 1.25. The van der Waals surface area contributed by atoms with E-state index in [9.17, 15) is 0 Å². The second-order valence-corrected chi connectivity index (χ2v) is 5.07. The molecule has 0 atom stereocenters. The summed E-state index contributed by atoms with van der Waals surface area (Å²) in [7, 11) is 0. The predicted octanol–water partition coefficient (Wildman–Crippen LogP) is 4.56. The fourth-order valence-corrected chi connectivity index (χ4v) is 2.28. The van der Waals surface area contributed by atoms with Crippen LogP contribution in [-0.4, -0.2) is 4.98 Å². The van der Waals surface area contributed by atoms with Crippen LogP contribution in [0.2, 0.25) is 0 Å². The molecular weight excluding hydrogens is 306 g/mol. The number of hydrogen-bond donors (Lipinski definition) is 0. The highest BCUT2D eigenvalue weighted by atomic mass is 79.9. The molecule has 0 saturated carbocycles. The molecule has 2 rings (SSSR count). The van der Waals surface area contributed by atoms with Crippen LogP contribution in [0.25, 0.3) is 0 Å². The largest absolute Gasteiger partial charge is 0.264 e. The summed E-state index contributed by atoms with van der Waals surface area (Å²) >= 11 is 5.24. The molecule has 1 heterocycles. The molecular formula is C12H11BrClNS. The predicted molar refractivity (Wildman–Crippen MR) is 75.2 cm³/mol. The zero-order chi connectivity index (χ0) is 10.5. The van der Waals surface area contributed by atoms with Gasteiger partial charge in [-0.1, -0.05) is 22.0 Å². The van der Waals surface area contributed by atoms with Crippen LogP contribution < -0.4 is 0 Å². The van der Waals surface area contributed by atoms with E-state index in [2.05, 4.69) is 51.2 Å². The van der Waals surface area contributed by atoms with Gasteiger partial charge in [0.05, 0.1) is 0 Å². The molecule has 84 valence electrons. The van der Waals surface area contributed by atoms with Crippen LogP contribution >= 0.6 is 40.1 Å². The smallest absolute Gasteiger partial charge is 0.0308 e. The van der Waals surface area contributed by atoms with Crippen LogP contribution in [0.15, 0.2) is 58.2 Å².